The highest BCUT2D eigenvalue weighted by Crippen LogP contribution is 2.23. The molecule has 1 unspecified atom stereocenters. The predicted molar refractivity (Wildman–Crippen MR) is 80.1 cm³/mol. The molecular formula is C16H25N3. The third kappa shape index (κ3) is 2.77. The molecule has 1 aromatic rings. The van der Waals surface area contributed by atoms with Crippen molar-refractivity contribution >= 4 is 5.69 Å². The molecule has 0 bridgehead atoms. The molecule has 1 aromatic carbocycles. The maximum absolute atomic E-state index is 6.02. The number of fused-ring (bicyclic) bond motifs is 1. The van der Waals surface area contributed by atoms with Gasteiger partial charge in [0.1, 0.15) is 0 Å². The van der Waals surface area contributed by atoms with Gasteiger partial charge in [0.25, 0.3) is 0 Å². The van der Waals surface area contributed by atoms with Crippen LogP contribution in [0.1, 0.15) is 30.4 Å². The van der Waals surface area contributed by atoms with Crippen molar-refractivity contribution in [3.8, 4) is 0 Å². The lowest BCUT2D eigenvalue weighted by atomic mass is 10.1. The van der Waals surface area contributed by atoms with Crippen molar-refractivity contribution in [3.05, 3.63) is 29.3 Å². The zero-order valence-corrected chi connectivity index (χ0v) is 11.9. The molecule has 2 saturated heterocycles. The maximum atomic E-state index is 6.02. The summed E-state index contributed by atoms with van der Waals surface area (Å²) >= 11 is 0. The first-order valence-corrected chi connectivity index (χ1v) is 7.54. The van der Waals surface area contributed by atoms with E-state index in [4.69, 9.17) is 5.73 Å². The Bertz CT molecular complexity index is 444. The van der Waals surface area contributed by atoms with Gasteiger partial charge >= 0.3 is 0 Å². The number of hydrogen-bond donors (Lipinski definition) is 1. The van der Waals surface area contributed by atoms with Gasteiger partial charge in [-0.1, -0.05) is 12.1 Å². The van der Waals surface area contributed by atoms with Crippen LogP contribution in [-0.2, 0) is 6.54 Å². The molecule has 2 N–H and O–H groups in total. The molecule has 3 heteroatoms. The molecule has 0 saturated carbocycles. The fourth-order valence-electron chi connectivity index (χ4n) is 3.54. The van der Waals surface area contributed by atoms with E-state index in [2.05, 4.69) is 28.9 Å². The largest absolute Gasteiger partial charge is 0.399 e. The Labute approximate surface area is 116 Å². The average molecular weight is 259 g/mol. The summed E-state index contributed by atoms with van der Waals surface area (Å²) in [5.41, 5.74) is 9.60. The molecule has 2 aliphatic rings. The highest BCUT2D eigenvalue weighted by molar-refractivity contribution is 5.49. The summed E-state index contributed by atoms with van der Waals surface area (Å²) in [7, 11) is 0. The molecule has 0 amide bonds. The summed E-state index contributed by atoms with van der Waals surface area (Å²) < 4.78 is 0. The summed E-state index contributed by atoms with van der Waals surface area (Å²) in [5, 5.41) is 0. The third-order valence-electron chi connectivity index (χ3n) is 4.77. The van der Waals surface area contributed by atoms with Gasteiger partial charge in [0.05, 0.1) is 0 Å². The Morgan fingerprint density at radius 2 is 2.05 bits per heavy atom. The van der Waals surface area contributed by atoms with Gasteiger partial charge in [-0.25, -0.2) is 0 Å². The first-order chi connectivity index (χ1) is 9.24. The minimum atomic E-state index is 0.795. The van der Waals surface area contributed by atoms with Crippen molar-refractivity contribution < 1.29 is 0 Å². The predicted octanol–water partition coefficient (Wildman–Crippen LogP) is 2.25. The number of nitrogens with zero attached hydrogens (tertiary/aromatic N) is 2. The van der Waals surface area contributed by atoms with E-state index in [0.717, 1.165) is 18.3 Å². The van der Waals surface area contributed by atoms with Gasteiger partial charge in [0.15, 0.2) is 0 Å². The molecule has 0 spiro atoms. The van der Waals surface area contributed by atoms with Crippen LogP contribution in [0, 0.1) is 6.92 Å². The monoisotopic (exact) mass is 259 g/mol. The van der Waals surface area contributed by atoms with Crippen LogP contribution in [0.3, 0.4) is 0 Å². The van der Waals surface area contributed by atoms with Crippen molar-refractivity contribution in [1.82, 2.24) is 9.80 Å². The van der Waals surface area contributed by atoms with Crippen LogP contribution in [0.2, 0.25) is 0 Å². The summed E-state index contributed by atoms with van der Waals surface area (Å²) in [6.45, 7) is 8.26. The third-order valence-corrected chi connectivity index (χ3v) is 4.77. The zero-order valence-electron chi connectivity index (χ0n) is 11.9. The number of benzene rings is 1. The van der Waals surface area contributed by atoms with Crippen LogP contribution in [0.15, 0.2) is 18.2 Å². The Hall–Kier alpha value is -1.06. The molecule has 2 aliphatic heterocycles. The van der Waals surface area contributed by atoms with Crippen LogP contribution in [0.4, 0.5) is 5.69 Å². The number of nitrogen functional groups attached to an aromatic ring is 1. The van der Waals surface area contributed by atoms with E-state index in [-0.39, 0.29) is 0 Å². The van der Waals surface area contributed by atoms with E-state index in [1.54, 1.807) is 0 Å². The molecule has 0 radical (unpaired) electrons. The SMILES string of the molecule is Cc1c(N)cccc1CN1CCCN2CCCC2C1. The number of hydrogen-bond acceptors (Lipinski definition) is 3. The van der Waals surface area contributed by atoms with Gasteiger partial charge in [0.2, 0.25) is 0 Å². The van der Waals surface area contributed by atoms with E-state index in [1.807, 2.05) is 6.07 Å². The van der Waals surface area contributed by atoms with E-state index in [0.29, 0.717) is 0 Å². The second-order valence-corrected chi connectivity index (χ2v) is 6.05. The molecule has 3 nitrogen and oxygen atoms in total. The van der Waals surface area contributed by atoms with Crippen LogP contribution in [-0.4, -0.2) is 42.0 Å². The normalized spacial score (nSPS) is 25.2. The lowest BCUT2D eigenvalue weighted by molar-refractivity contribution is 0.215. The van der Waals surface area contributed by atoms with Crippen LogP contribution >= 0.6 is 0 Å². The smallest absolute Gasteiger partial charge is 0.0346 e. The highest BCUT2D eigenvalue weighted by Gasteiger charge is 2.28. The Kier molecular flexibility index (Phi) is 3.76. The fraction of sp³-hybridized carbons (Fsp3) is 0.625. The Balaban J connectivity index is 1.70. The first kappa shape index (κ1) is 12.9. The molecule has 2 fully saturated rings. The standard InChI is InChI=1S/C16H25N3/c1-13-14(5-2-7-16(13)17)11-18-8-4-10-19-9-3-6-15(19)12-18/h2,5,7,15H,3-4,6,8-12,17H2,1H3. The first-order valence-electron chi connectivity index (χ1n) is 7.54. The summed E-state index contributed by atoms with van der Waals surface area (Å²) in [5.74, 6) is 0. The minimum absolute atomic E-state index is 0.795. The van der Waals surface area contributed by atoms with Crippen LogP contribution < -0.4 is 5.73 Å². The maximum Gasteiger partial charge on any atom is 0.0346 e. The molecular weight excluding hydrogens is 234 g/mol. The molecule has 19 heavy (non-hydrogen) atoms. The van der Waals surface area contributed by atoms with Gasteiger partial charge in [-0.15, -0.1) is 0 Å². The second-order valence-electron chi connectivity index (χ2n) is 6.05. The van der Waals surface area contributed by atoms with Crippen molar-refractivity contribution in [2.24, 2.45) is 0 Å². The lowest BCUT2D eigenvalue weighted by Gasteiger charge is -2.26. The van der Waals surface area contributed by atoms with Crippen molar-refractivity contribution in [3.63, 3.8) is 0 Å². The van der Waals surface area contributed by atoms with E-state index >= 15 is 0 Å². The number of rotatable bonds is 2. The minimum Gasteiger partial charge on any atom is -0.399 e. The number of nitrogens with two attached hydrogens (primary N) is 1. The second kappa shape index (κ2) is 5.51. The molecule has 1 atom stereocenters. The molecule has 3 rings (SSSR count). The van der Waals surface area contributed by atoms with E-state index in [1.165, 1.54) is 56.6 Å². The fourth-order valence-corrected chi connectivity index (χ4v) is 3.54. The number of anilines is 1. The Morgan fingerprint density at radius 3 is 2.95 bits per heavy atom. The van der Waals surface area contributed by atoms with Gasteiger partial charge in [-0.05, 0) is 63.0 Å². The zero-order chi connectivity index (χ0) is 13.2. The average Bonchev–Trinajstić information content (AvgIpc) is 2.74. The lowest BCUT2D eigenvalue weighted by Crippen LogP contribution is -2.36. The topological polar surface area (TPSA) is 32.5 Å². The highest BCUT2D eigenvalue weighted by atomic mass is 15.3. The molecule has 104 valence electrons. The quantitative estimate of drug-likeness (QED) is 0.827. The van der Waals surface area contributed by atoms with Crippen molar-refractivity contribution in [2.75, 3.05) is 31.9 Å². The molecule has 0 aromatic heterocycles. The van der Waals surface area contributed by atoms with Crippen LogP contribution in [0.25, 0.3) is 0 Å². The Morgan fingerprint density at radius 1 is 1.21 bits per heavy atom. The summed E-state index contributed by atoms with van der Waals surface area (Å²) in [6, 6.07) is 7.10. The van der Waals surface area contributed by atoms with Gasteiger partial charge in [0, 0.05) is 24.8 Å². The van der Waals surface area contributed by atoms with Gasteiger partial charge < -0.3 is 5.73 Å². The van der Waals surface area contributed by atoms with Crippen molar-refractivity contribution in [2.45, 2.75) is 38.8 Å². The van der Waals surface area contributed by atoms with E-state index in [9.17, 15) is 0 Å². The molecule has 2 heterocycles. The van der Waals surface area contributed by atoms with E-state index < -0.39 is 0 Å². The van der Waals surface area contributed by atoms with Crippen LogP contribution in [0.5, 0.6) is 0 Å². The summed E-state index contributed by atoms with van der Waals surface area (Å²) in [6.07, 6.45) is 4.07. The van der Waals surface area contributed by atoms with Crippen molar-refractivity contribution in [1.29, 1.82) is 0 Å². The molecule has 0 aliphatic carbocycles. The van der Waals surface area contributed by atoms with Gasteiger partial charge in [-0.2, -0.15) is 0 Å². The van der Waals surface area contributed by atoms with Gasteiger partial charge in [-0.3, -0.25) is 9.80 Å². The summed E-state index contributed by atoms with van der Waals surface area (Å²) in [4.78, 5) is 5.31.